The van der Waals surface area contributed by atoms with Crippen LogP contribution >= 0.6 is 0 Å². The van der Waals surface area contributed by atoms with Crippen LogP contribution in [-0.2, 0) is 11.2 Å². The number of hydrogen-bond acceptors (Lipinski definition) is 3. The van der Waals surface area contributed by atoms with Crippen molar-refractivity contribution in [1.82, 2.24) is 5.32 Å². The van der Waals surface area contributed by atoms with E-state index in [1.165, 1.54) is 0 Å². The first kappa shape index (κ1) is 13.1. The molecule has 1 aliphatic rings. The Balaban J connectivity index is 1.79. The van der Waals surface area contributed by atoms with Crippen LogP contribution in [0.25, 0.3) is 0 Å². The Morgan fingerprint density at radius 3 is 2.89 bits per heavy atom. The van der Waals surface area contributed by atoms with E-state index < -0.39 is 5.60 Å². The fraction of sp³-hybridized carbons (Fsp3) is 0.643. The molecule has 0 saturated heterocycles. The van der Waals surface area contributed by atoms with Gasteiger partial charge in [0, 0.05) is 18.9 Å². The molecule has 0 aromatic carbocycles. The second kappa shape index (κ2) is 5.57. The van der Waals surface area contributed by atoms with Crippen molar-refractivity contribution >= 4 is 5.91 Å². The first-order valence-corrected chi connectivity index (χ1v) is 6.59. The Hall–Kier alpha value is -1.29. The summed E-state index contributed by atoms with van der Waals surface area (Å²) >= 11 is 0. The van der Waals surface area contributed by atoms with Crippen LogP contribution in [0.5, 0.6) is 0 Å². The van der Waals surface area contributed by atoms with Crippen LogP contribution in [0.15, 0.2) is 22.8 Å². The highest BCUT2D eigenvalue weighted by Crippen LogP contribution is 2.24. The third-order valence-corrected chi connectivity index (χ3v) is 3.50. The Bertz CT molecular complexity index is 378. The summed E-state index contributed by atoms with van der Waals surface area (Å²) in [4.78, 5) is 11.8. The minimum absolute atomic E-state index is 0.0761. The zero-order valence-corrected chi connectivity index (χ0v) is 10.8. The first-order chi connectivity index (χ1) is 8.57. The molecule has 1 aliphatic carbocycles. The predicted molar refractivity (Wildman–Crippen MR) is 68.0 cm³/mol. The number of aliphatic hydroxyl groups is 1. The number of amides is 1. The van der Waals surface area contributed by atoms with E-state index in [0.717, 1.165) is 31.4 Å². The van der Waals surface area contributed by atoms with E-state index in [9.17, 15) is 9.90 Å². The molecule has 1 amide bonds. The lowest BCUT2D eigenvalue weighted by Gasteiger charge is -2.23. The van der Waals surface area contributed by atoms with Crippen LogP contribution in [0, 0.1) is 5.92 Å². The Labute approximate surface area is 107 Å². The van der Waals surface area contributed by atoms with Crippen LogP contribution < -0.4 is 5.32 Å². The molecule has 2 rings (SSSR count). The van der Waals surface area contributed by atoms with Gasteiger partial charge >= 0.3 is 0 Å². The smallest absolute Gasteiger partial charge is 0.223 e. The molecule has 1 aromatic rings. The summed E-state index contributed by atoms with van der Waals surface area (Å²) in [5.74, 6) is 0.951. The molecule has 18 heavy (non-hydrogen) atoms. The summed E-state index contributed by atoms with van der Waals surface area (Å²) in [7, 11) is 0. The molecule has 0 unspecified atom stereocenters. The standard InChI is InChI=1S/C14H21NO3/c1-14(17,9-12-7-4-8-18-12)10-15-13(16)11-5-2-3-6-11/h4,7-8,11,17H,2-3,5-6,9-10H2,1H3,(H,15,16)/t14-/m1/s1. The molecule has 4 heteroatoms. The van der Waals surface area contributed by atoms with Gasteiger partial charge in [-0.1, -0.05) is 12.8 Å². The predicted octanol–water partition coefficient (Wildman–Crippen LogP) is 1.88. The second-order valence-electron chi connectivity index (χ2n) is 5.45. The minimum atomic E-state index is -0.966. The van der Waals surface area contributed by atoms with Gasteiger partial charge in [-0.3, -0.25) is 4.79 Å². The van der Waals surface area contributed by atoms with Gasteiger partial charge < -0.3 is 14.8 Å². The zero-order chi connectivity index (χ0) is 13.0. The van der Waals surface area contributed by atoms with Gasteiger partial charge in [0.15, 0.2) is 0 Å². The SMILES string of the molecule is C[C@](O)(CNC(=O)C1CCCC1)Cc1ccco1. The molecule has 0 bridgehead atoms. The number of hydrogen-bond donors (Lipinski definition) is 2. The maximum Gasteiger partial charge on any atom is 0.223 e. The fourth-order valence-electron chi connectivity index (χ4n) is 2.46. The molecule has 0 radical (unpaired) electrons. The van der Waals surface area contributed by atoms with Crippen LogP contribution in [0.3, 0.4) is 0 Å². The van der Waals surface area contributed by atoms with E-state index >= 15 is 0 Å². The normalized spacial score (nSPS) is 19.7. The largest absolute Gasteiger partial charge is 0.469 e. The summed E-state index contributed by atoms with van der Waals surface area (Å²) in [6.07, 6.45) is 6.23. The highest BCUT2D eigenvalue weighted by molar-refractivity contribution is 5.78. The summed E-state index contributed by atoms with van der Waals surface area (Å²) in [6, 6.07) is 3.62. The topological polar surface area (TPSA) is 62.5 Å². The number of carbonyl (C=O) groups excluding carboxylic acids is 1. The lowest BCUT2D eigenvalue weighted by Crippen LogP contribution is -2.43. The highest BCUT2D eigenvalue weighted by atomic mass is 16.3. The van der Waals surface area contributed by atoms with E-state index in [4.69, 9.17) is 4.42 Å². The lowest BCUT2D eigenvalue weighted by molar-refractivity contribution is -0.126. The van der Waals surface area contributed by atoms with Crippen molar-refractivity contribution in [2.45, 2.75) is 44.6 Å². The maximum atomic E-state index is 11.8. The average Bonchev–Trinajstić information content (AvgIpc) is 2.97. The quantitative estimate of drug-likeness (QED) is 0.840. The van der Waals surface area contributed by atoms with Crippen molar-refractivity contribution in [1.29, 1.82) is 0 Å². The van der Waals surface area contributed by atoms with Crippen molar-refractivity contribution in [3.63, 3.8) is 0 Å². The molecule has 0 spiro atoms. The molecule has 1 saturated carbocycles. The molecule has 0 aliphatic heterocycles. The summed E-state index contributed by atoms with van der Waals surface area (Å²) in [6.45, 7) is 1.98. The Kier molecular flexibility index (Phi) is 4.07. The molecule has 4 nitrogen and oxygen atoms in total. The fourth-order valence-corrected chi connectivity index (χ4v) is 2.46. The van der Waals surface area contributed by atoms with Gasteiger partial charge in [-0.25, -0.2) is 0 Å². The first-order valence-electron chi connectivity index (χ1n) is 6.59. The van der Waals surface area contributed by atoms with Crippen molar-refractivity contribution in [3.8, 4) is 0 Å². The lowest BCUT2D eigenvalue weighted by atomic mass is 10.00. The van der Waals surface area contributed by atoms with Gasteiger partial charge in [-0.2, -0.15) is 0 Å². The zero-order valence-electron chi connectivity index (χ0n) is 10.8. The van der Waals surface area contributed by atoms with Gasteiger partial charge in [0.05, 0.1) is 11.9 Å². The van der Waals surface area contributed by atoms with Crippen molar-refractivity contribution in [3.05, 3.63) is 24.2 Å². The molecule has 1 atom stereocenters. The third-order valence-electron chi connectivity index (χ3n) is 3.50. The van der Waals surface area contributed by atoms with Gasteiger partial charge in [-0.05, 0) is 31.9 Å². The van der Waals surface area contributed by atoms with E-state index in [2.05, 4.69) is 5.32 Å². The molecular weight excluding hydrogens is 230 g/mol. The number of nitrogens with one attached hydrogen (secondary N) is 1. The minimum Gasteiger partial charge on any atom is -0.469 e. The second-order valence-corrected chi connectivity index (χ2v) is 5.45. The van der Waals surface area contributed by atoms with Crippen molar-refractivity contribution in [2.75, 3.05) is 6.54 Å². The molecule has 1 fully saturated rings. The summed E-state index contributed by atoms with van der Waals surface area (Å²) in [5.41, 5.74) is -0.966. The maximum absolute atomic E-state index is 11.8. The molecular formula is C14H21NO3. The highest BCUT2D eigenvalue weighted by Gasteiger charge is 2.27. The van der Waals surface area contributed by atoms with Crippen molar-refractivity contribution < 1.29 is 14.3 Å². The third kappa shape index (κ3) is 3.60. The van der Waals surface area contributed by atoms with E-state index in [1.807, 2.05) is 6.07 Å². The number of furan rings is 1. The van der Waals surface area contributed by atoms with E-state index in [0.29, 0.717) is 6.42 Å². The van der Waals surface area contributed by atoms with Crippen LogP contribution in [-0.4, -0.2) is 23.2 Å². The van der Waals surface area contributed by atoms with E-state index in [-0.39, 0.29) is 18.4 Å². The summed E-state index contributed by atoms with van der Waals surface area (Å²) in [5, 5.41) is 13.0. The Morgan fingerprint density at radius 1 is 1.56 bits per heavy atom. The van der Waals surface area contributed by atoms with Gasteiger partial charge in [0.2, 0.25) is 5.91 Å². The molecule has 100 valence electrons. The molecule has 1 aromatic heterocycles. The van der Waals surface area contributed by atoms with E-state index in [1.54, 1.807) is 19.3 Å². The number of rotatable bonds is 5. The van der Waals surface area contributed by atoms with Crippen molar-refractivity contribution in [2.24, 2.45) is 5.92 Å². The Morgan fingerprint density at radius 2 is 2.28 bits per heavy atom. The van der Waals surface area contributed by atoms with Crippen LogP contribution in [0.1, 0.15) is 38.4 Å². The molecule has 2 N–H and O–H groups in total. The van der Waals surface area contributed by atoms with Gasteiger partial charge in [0.1, 0.15) is 5.76 Å². The number of carbonyl (C=O) groups is 1. The van der Waals surface area contributed by atoms with Crippen LogP contribution in [0.2, 0.25) is 0 Å². The summed E-state index contributed by atoms with van der Waals surface area (Å²) < 4.78 is 5.20. The van der Waals surface area contributed by atoms with Gasteiger partial charge in [0.25, 0.3) is 0 Å². The molecule has 1 heterocycles. The average molecular weight is 251 g/mol. The van der Waals surface area contributed by atoms with Gasteiger partial charge in [-0.15, -0.1) is 0 Å². The monoisotopic (exact) mass is 251 g/mol. The van der Waals surface area contributed by atoms with Crippen LogP contribution in [0.4, 0.5) is 0 Å².